The van der Waals surface area contributed by atoms with Crippen molar-refractivity contribution in [2.45, 2.75) is 39.2 Å². The highest BCUT2D eigenvalue weighted by Crippen LogP contribution is 2.31. The first-order valence-electron chi connectivity index (χ1n) is 6.58. The minimum absolute atomic E-state index is 0.0822. The molecule has 0 saturated heterocycles. The summed E-state index contributed by atoms with van der Waals surface area (Å²) in [6.07, 6.45) is 2.04. The molecule has 3 nitrogen and oxygen atoms in total. The van der Waals surface area contributed by atoms with Gasteiger partial charge in [-0.15, -0.1) is 0 Å². The maximum absolute atomic E-state index is 9.27. The van der Waals surface area contributed by atoms with Gasteiger partial charge in [-0.2, -0.15) is 0 Å². The van der Waals surface area contributed by atoms with Gasteiger partial charge in [0.15, 0.2) is 0 Å². The fourth-order valence-electron chi connectivity index (χ4n) is 2.44. The van der Waals surface area contributed by atoms with Crippen molar-refractivity contribution in [3.8, 4) is 0 Å². The second-order valence-electron chi connectivity index (χ2n) is 4.61. The molecule has 104 valence electrons. The van der Waals surface area contributed by atoms with Crippen molar-refractivity contribution in [3.05, 3.63) is 28.0 Å². The number of halogens is 2. The van der Waals surface area contributed by atoms with E-state index in [0.29, 0.717) is 22.5 Å². The van der Waals surface area contributed by atoms with E-state index in [4.69, 9.17) is 23.2 Å². The van der Waals surface area contributed by atoms with Gasteiger partial charge in [0.05, 0.1) is 27.7 Å². The van der Waals surface area contributed by atoms with E-state index >= 15 is 0 Å². The van der Waals surface area contributed by atoms with Gasteiger partial charge in [-0.25, -0.2) is 4.98 Å². The number of benzene rings is 1. The molecule has 2 aromatic rings. The third kappa shape index (κ3) is 2.73. The number of hydrogen-bond donors (Lipinski definition) is 1. The minimum Gasteiger partial charge on any atom is -0.395 e. The van der Waals surface area contributed by atoms with Crippen molar-refractivity contribution in [2.75, 3.05) is 6.61 Å². The lowest BCUT2D eigenvalue weighted by atomic mass is 10.0. The summed E-state index contributed by atoms with van der Waals surface area (Å²) in [5, 5.41) is 10.3. The smallest absolute Gasteiger partial charge is 0.113 e. The van der Waals surface area contributed by atoms with E-state index in [1.165, 1.54) is 0 Å². The van der Waals surface area contributed by atoms with Crippen molar-refractivity contribution in [1.29, 1.82) is 0 Å². The third-order valence-electron chi connectivity index (χ3n) is 3.49. The van der Waals surface area contributed by atoms with E-state index in [1.807, 2.05) is 6.07 Å². The molecule has 0 aliphatic carbocycles. The van der Waals surface area contributed by atoms with Gasteiger partial charge < -0.3 is 9.67 Å². The Morgan fingerprint density at radius 1 is 1.21 bits per heavy atom. The molecule has 1 N–H and O–H groups in total. The quantitative estimate of drug-likeness (QED) is 0.897. The fourth-order valence-corrected chi connectivity index (χ4v) is 2.76. The van der Waals surface area contributed by atoms with E-state index in [1.54, 1.807) is 6.07 Å². The Labute approximate surface area is 123 Å². The van der Waals surface area contributed by atoms with Crippen molar-refractivity contribution in [3.63, 3.8) is 0 Å². The highest BCUT2D eigenvalue weighted by molar-refractivity contribution is 6.42. The van der Waals surface area contributed by atoms with Crippen LogP contribution in [0.3, 0.4) is 0 Å². The Morgan fingerprint density at radius 2 is 1.84 bits per heavy atom. The molecule has 0 atom stereocenters. The summed E-state index contributed by atoms with van der Waals surface area (Å²) in [6.45, 7) is 4.91. The molecule has 1 aromatic carbocycles. The Balaban J connectivity index is 2.65. The Hall–Kier alpha value is -0.770. The van der Waals surface area contributed by atoms with Crippen LogP contribution < -0.4 is 0 Å². The van der Waals surface area contributed by atoms with Crippen LogP contribution in [-0.2, 0) is 6.54 Å². The zero-order chi connectivity index (χ0) is 14.0. The SMILES string of the molecule is CCC(CC)c1nc2cc(Cl)c(Cl)cc2n1CCO. The molecule has 0 saturated carbocycles. The summed E-state index contributed by atoms with van der Waals surface area (Å²) >= 11 is 12.1. The normalized spacial score (nSPS) is 11.7. The van der Waals surface area contributed by atoms with Crippen molar-refractivity contribution in [2.24, 2.45) is 0 Å². The molecule has 0 spiro atoms. The lowest BCUT2D eigenvalue weighted by Gasteiger charge is -2.14. The number of aliphatic hydroxyl groups excluding tert-OH is 1. The lowest BCUT2D eigenvalue weighted by molar-refractivity contribution is 0.274. The van der Waals surface area contributed by atoms with Gasteiger partial charge >= 0.3 is 0 Å². The zero-order valence-corrected chi connectivity index (χ0v) is 12.7. The summed E-state index contributed by atoms with van der Waals surface area (Å²) in [5.41, 5.74) is 1.77. The lowest BCUT2D eigenvalue weighted by Crippen LogP contribution is -2.10. The molecular formula is C14H18Cl2N2O. The average Bonchev–Trinajstić information content (AvgIpc) is 2.71. The molecule has 0 aliphatic rings. The Morgan fingerprint density at radius 3 is 2.42 bits per heavy atom. The second-order valence-corrected chi connectivity index (χ2v) is 5.43. The molecule has 19 heavy (non-hydrogen) atoms. The summed E-state index contributed by atoms with van der Waals surface area (Å²) in [6, 6.07) is 3.62. The topological polar surface area (TPSA) is 38.0 Å². The van der Waals surface area contributed by atoms with Gasteiger partial charge in [0.25, 0.3) is 0 Å². The maximum atomic E-state index is 9.27. The zero-order valence-electron chi connectivity index (χ0n) is 11.2. The van der Waals surface area contributed by atoms with E-state index in [-0.39, 0.29) is 6.61 Å². The maximum Gasteiger partial charge on any atom is 0.113 e. The Kier molecular flexibility index (Phi) is 4.71. The van der Waals surface area contributed by atoms with Crippen LogP contribution in [0.1, 0.15) is 38.4 Å². The van der Waals surface area contributed by atoms with Gasteiger partial charge in [0.1, 0.15) is 5.82 Å². The van der Waals surface area contributed by atoms with Crippen LogP contribution in [0.25, 0.3) is 11.0 Å². The molecule has 0 unspecified atom stereocenters. The summed E-state index contributed by atoms with van der Waals surface area (Å²) in [4.78, 5) is 4.68. The molecule has 1 aromatic heterocycles. The number of aromatic nitrogens is 2. The first-order chi connectivity index (χ1) is 9.12. The monoisotopic (exact) mass is 300 g/mol. The summed E-state index contributed by atoms with van der Waals surface area (Å²) < 4.78 is 2.05. The largest absolute Gasteiger partial charge is 0.395 e. The van der Waals surface area contributed by atoms with Crippen molar-refractivity contribution in [1.82, 2.24) is 9.55 Å². The fraction of sp³-hybridized carbons (Fsp3) is 0.500. The molecule has 0 radical (unpaired) electrons. The van der Waals surface area contributed by atoms with Gasteiger partial charge in [0.2, 0.25) is 0 Å². The van der Waals surface area contributed by atoms with E-state index < -0.39 is 0 Å². The molecule has 5 heteroatoms. The molecule has 2 rings (SSSR count). The Bertz CT molecular complexity index is 576. The van der Waals surface area contributed by atoms with Gasteiger partial charge in [-0.1, -0.05) is 37.0 Å². The minimum atomic E-state index is 0.0822. The number of rotatable bonds is 5. The predicted molar refractivity (Wildman–Crippen MR) is 80.2 cm³/mol. The highest BCUT2D eigenvalue weighted by Gasteiger charge is 2.18. The van der Waals surface area contributed by atoms with Gasteiger partial charge in [0, 0.05) is 12.5 Å². The number of nitrogens with zero attached hydrogens (tertiary/aromatic N) is 2. The predicted octanol–water partition coefficient (Wildman–Crippen LogP) is 4.24. The summed E-state index contributed by atoms with van der Waals surface area (Å²) in [5.74, 6) is 1.39. The highest BCUT2D eigenvalue weighted by atomic mass is 35.5. The van der Waals surface area contributed by atoms with E-state index in [2.05, 4.69) is 23.4 Å². The standard InChI is InChI=1S/C14H18Cl2N2O/c1-3-9(4-2)14-17-12-7-10(15)11(16)8-13(12)18(14)5-6-19/h7-9,19H,3-6H2,1-2H3. The van der Waals surface area contributed by atoms with Crippen molar-refractivity contribution >= 4 is 34.2 Å². The molecule has 0 fully saturated rings. The van der Waals surface area contributed by atoms with Crippen molar-refractivity contribution < 1.29 is 5.11 Å². The second kappa shape index (κ2) is 6.12. The van der Waals surface area contributed by atoms with E-state index in [9.17, 15) is 5.11 Å². The number of fused-ring (bicyclic) bond motifs is 1. The van der Waals surface area contributed by atoms with Gasteiger partial charge in [-0.3, -0.25) is 0 Å². The molecule has 1 heterocycles. The van der Waals surface area contributed by atoms with Crippen LogP contribution >= 0.6 is 23.2 Å². The molecule has 0 aliphatic heterocycles. The van der Waals surface area contributed by atoms with Gasteiger partial charge in [-0.05, 0) is 25.0 Å². The first kappa shape index (κ1) is 14.6. The molecular weight excluding hydrogens is 283 g/mol. The number of aliphatic hydroxyl groups is 1. The average molecular weight is 301 g/mol. The molecule has 0 amide bonds. The van der Waals surface area contributed by atoms with Crippen LogP contribution in [-0.4, -0.2) is 21.3 Å². The van der Waals surface area contributed by atoms with Crippen LogP contribution in [0.2, 0.25) is 10.0 Å². The number of imidazole rings is 1. The first-order valence-corrected chi connectivity index (χ1v) is 7.33. The third-order valence-corrected chi connectivity index (χ3v) is 4.22. The van der Waals surface area contributed by atoms with Crippen LogP contribution in [0.15, 0.2) is 12.1 Å². The summed E-state index contributed by atoms with van der Waals surface area (Å²) in [7, 11) is 0. The number of hydrogen-bond acceptors (Lipinski definition) is 2. The van der Waals surface area contributed by atoms with Crippen LogP contribution in [0.4, 0.5) is 0 Å². The molecule has 0 bridgehead atoms. The van der Waals surface area contributed by atoms with Crippen LogP contribution in [0, 0.1) is 0 Å². The van der Waals surface area contributed by atoms with Crippen LogP contribution in [0.5, 0.6) is 0 Å². The van der Waals surface area contributed by atoms with E-state index in [0.717, 1.165) is 29.7 Å².